The molecule has 3 aromatic rings. The van der Waals surface area contributed by atoms with Gasteiger partial charge in [0, 0.05) is 29.7 Å². The Bertz CT molecular complexity index is 1150. The molecule has 0 saturated heterocycles. The van der Waals surface area contributed by atoms with Gasteiger partial charge in [-0.25, -0.2) is 0 Å². The number of hydrogen-bond acceptors (Lipinski definition) is 2. The van der Waals surface area contributed by atoms with E-state index in [9.17, 15) is 4.79 Å². The van der Waals surface area contributed by atoms with Crippen LogP contribution < -0.4 is 5.32 Å². The summed E-state index contributed by atoms with van der Waals surface area (Å²) in [7, 11) is 0. The van der Waals surface area contributed by atoms with Crippen molar-refractivity contribution in [3.63, 3.8) is 0 Å². The zero-order valence-corrected chi connectivity index (χ0v) is 21.6. The molecule has 3 aromatic carbocycles. The third-order valence-corrected chi connectivity index (χ3v) is 7.19. The number of carbonyl (C=O) groups excluding carboxylic acids is 1. The van der Waals surface area contributed by atoms with Crippen LogP contribution in [-0.2, 0) is 24.8 Å². The van der Waals surface area contributed by atoms with E-state index in [1.807, 2.05) is 35.2 Å². The smallest absolute Gasteiger partial charge is 0.256 e. The van der Waals surface area contributed by atoms with Crippen LogP contribution in [-0.4, -0.2) is 23.9 Å². The van der Waals surface area contributed by atoms with Gasteiger partial charge >= 0.3 is 0 Å². The summed E-state index contributed by atoms with van der Waals surface area (Å²) < 4.78 is 0. The van der Waals surface area contributed by atoms with E-state index in [-0.39, 0.29) is 11.3 Å². The van der Waals surface area contributed by atoms with E-state index in [1.54, 1.807) is 0 Å². The lowest BCUT2D eigenvalue weighted by molar-refractivity contribution is 0.0746. The van der Waals surface area contributed by atoms with Gasteiger partial charge in [-0.1, -0.05) is 86.4 Å². The molecular weight excluding hydrogens is 463 g/mol. The molecule has 1 aliphatic heterocycles. The summed E-state index contributed by atoms with van der Waals surface area (Å²) in [5.74, 6) is 0.0225. The molecule has 0 fully saturated rings. The highest BCUT2D eigenvalue weighted by atomic mass is 35.5. The van der Waals surface area contributed by atoms with Crippen LogP contribution >= 0.6 is 23.2 Å². The molecule has 0 spiro atoms. The van der Waals surface area contributed by atoms with Crippen LogP contribution in [0.5, 0.6) is 0 Å². The Morgan fingerprint density at radius 2 is 1.65 bits per heavy atom. The van der Waals surface area contributed by atoms with Crippen LogP contribution in [0.25, 0.3) is 0 Å². The number of nitrogens with one attached hydrogen (secondary N) is 1. The van der Waals surface area contributed by atoms with Crippen LogP contribution in [0.1, 0.15) is 59.8 Å². The molecule has 1 heterocycles. The van der Waals surface area contributed by atoms with E-state index in [0.717, 1.165) is 41.8 Å². The topological polar surface area (TPSA) is 32.3 Å². The fraction of sp³-hybridized carbons (Fsp3) is 0.345. The molecule has 178 valence electrons. The molecule has 0 saturated carbocycles. The zero-order valence-electron chi connectivity index (χ0n) is 20.1. The molecule has 34 heavy (non-hydrogen) atoms. The molecule has 1 N–H and O–H groups in total. The Balaban J connectivity index is 1.63. The number of halogens is 2. The van der Waals surface area contributed by atoms with Crippen molar-refractivity contribution in [3.05, 3.63) is 98.5 Å². The van der Waals surface area contributed by atoms with E-state index in [2.05, 4.69) is 56.4 Å². The van der Waals surface area contributed by atoms with Crippen molar-refractivity contribution in [2.75, 3.05) is 18.4 Å². The number of rotatable bonds is 6. The molecular formula is C29H32Cl2N2O. The molecule has 0 bridgehead atoms. The third kappa shape index (κ3) is 5.59. The molecule has 1 aliphatic rings. The molecule has 5 heteroatoms. The van der Waals surface area contributed by atoms with E-state index >= 15 is 0 Å². The first-order valence-electron chi connectivity index (χ1n) is 11.9. The predicted octanol–water partition coefficient (Wildman–Crippen LogP) is 7.53. The van der Waals surface area contributed by atoms with Crippen LogP contribution in [0.4, 0.5) is 5.69 Å². The summed E-state index contributed by atoms with van der Waals surface area (Å²) >= 11 is 12.9. The van der Waals surface area contributed by atoms with Crippen molar-refractivity contribution in [2.45, 2.75) is 52.0 Å². The second-order valence-electron chi connectivity index (χ2n) is 9.99. The summed E-state index contributed by atoms with van der Waals surface area (Å²) in [6.45, 7) is 8.55. The second kappa shape index (κ2) is 10.4. The van der Waals surface area contributed by atoms with E-state index in [0.29, 0.717) is 29.6 Å². The van der Waals surface area contributed by atoms with Crippen molar-refractivity contribution < 1.29 is 4.79 Å². The van der Waals surface area contributed by atoms with Gasteiger partial charge < -0.3 is 10.2 Å². The molecule has 0 unspecified atom stereocenters. The number of aryl methyl sites for hydroxylation is 1. The van der Waals surface area contributed by atoms with Gasteiger partial charge in [0.05, 0.1) is 11.3 Å². The first kappa shape index (κ1) is 24.6. The summed E-state index contributed by atoms with van der Waals surface area (Å²) in [5, 5.41) is 4.72. The number of anilines is 1. The van der Waals surface area contributed by atoms with Crippen molar-refractivity contribution in [3.8, 4) is 0 Å². The Kier molecular flexibility index (Phi) is 7.54. The highest BCUT2D eigenvalue weighted by molar-refractivity contribution is 6.36. The van der Waals surface area contributed by atoms with E-state index in [4.69, 9.17) is 23.2 Å². The first-order valence-corrected chi connectivity index (χ1v) is 12.7. The van der Waals surface area contributed by atoms with Gasteiger partial charge in [0.25, 0.3) is 5.91 Å². The number of carbonyl (C=O) groups is 1. The van der Waals surface area contributed by atoms with Gasteiger partial charge in [-0.2, -0.15) is 0 Å². The standard InChI is InChI=1S/C29H32Cl2N2O/c1-29(2,3)22-14-12-20(13-15-22)19-33(18-16-23-25(30)10-5-11-26(23)31)28(34)24-9-4-7-21-8-6-17-32-27(21)24/h4-5,7,9-15,32H,6,8,16-19H2,1-3H3. The normalized spacial score (nSPS) is 13.2. The lowest BCUT2D eigenvalue weighted by Crippen LogP contribution is -2.33. The van der Waals surface area contributed by atoms with Crippen molar-refractivity contribution >= 4 is 34.8 Å². The van der Waals surface area contributed by atoms with Crippen LogP contribution in [0.3, 0.4) is 0 Å². The Labute approximate surface area is 213 Å². The minimum atomic E-state index is 0.0225. The van der Waals surface area contributed by atoms with Gasteiger partial charge in [-0.15, -0.1) is 0 Å². The van der Waals surface area contributed by atoms with Gasteiger partial charge in [-0.05, 0) is 65.1 Å². The van der Waals surface area contributed by atoms with Gasteiger partial charge in [-0.3, -0.25) is 4.79 Å². The molecule has 0 radical (unpaired) electrons. The lowest BCUT2D eigenvalue weighted by atomic mass is 9.87. The molecule has 3 nitrogen and oxygen atoms in total. The second-order valence-corrected chi connectivity index (χ2v) is 10.8. The predicted molar refractivity (Wildman–Crippen MR) is 143 cm³/mol. The van der Waals surface area contributed by atoms with Gasteiger partial charge in [0.2, 0.25) is 0 Å². The molecule has 0 aromatic heterocycles. The zero-order chi connectivity index (χ0) is 24.3. The monoisotopic (exact) mass is 494 g/mol. The number of nitrogens with zero attached hydrogens (tertiary/aromatic N) is 1. The average Bonchev–Trinajstić information content (AvgIpc) is 2.82. The average molecular weight is 495 g/mol. The minimum absolute atomic E-state index is 0.0225. The third-order valence-electron chi connectivity index (χ3n) is 6.48. The van der Waals surface area contributed by atoms with Crippen LogP contribution in [0, 0.1) is 0 Å². The molecule has 1 amide bonds. The van der Waals surface area contributed by atoms with E-state index in [1.165, 1.54) is 11.1 Å². The van der Waals surface area contributed by atoms with Crippen molar-refractivity contribution in [1.82, 2.24) is 4.90 Å². The number of amides is 1. The number of benzene rings is 3. The highest BCUT2D eigenvalue weighted by Crippen LogP contribution is 2.29. The number of para-hydroxylation sites is 1. The van der Waals surface area contributed by atoms with Crippen LogP contribution in [0.2, 0.25) is 10.0 Å². The molecule has 4 rings (SSSR count). The van der Waals surface area contributed by atoms with E-state index < -0.39 is 0 Å². The fourth-order valence-electron chi connectivity index (χ4n) is 4.46. The summed E-state index contributed by atoms with van der Waals surface area (Å²) in [6, 6.07) is 20.1. The summed E-state index contributed by atoms with van der Waals surface area (Å²) in [5.41, 5.74) is 6.25. The SMILES string of the molecule is CC(C)(C)c1ccc(CN(CCc2c(Cl)cccc2Cl)C(=O)c2cccc3c2NCCC3)cc1. The maximum absolute atomic E-state index is 13.9. The summed E-state index contributed by atoms with van der Waals surface area (Å²) in [6.07, 6.45) is 2.67. The Morgan fingerprint density at radius 1 is 0.971 bits per heavy atom. The highest BCUT2D eigenvalue weighted by Gasteiger charge is 2.23. The minimum Gasteiger partial charge on any atom is -0.384 e. The summed E-state index contributed by atoms with van der Waals surface area (Å²) in [4.78, 5) is 15.8. The maximum Gasteiger partial charge on any atom is 0.256 e. The van der Waals surface area contributed by atoms with Crippen molar-refractivity contribution in [1.29, 1.82) is 0 Å². The molecule has 0 aliphatic carbocycles. The Hall–Kier alpha value is -2.49. The van der Waals surface area contributed by atoms with Crippen molar-refractivity contribution in [2.24, 2.45) is 0 Å². The lowest BCUT2D eigenvalue weighted by Gasteiger charge is -2.27. The maximum atomic E-state index is 13.9. The number of fused-ring (bicyclic) bond motifs is 1. The van der Waals surface area contributed by atoms with Crippen LogP contribution in [0.15, 0.2) is 60.7 Å². The molecule has 0 atom stereocenters. The number of hydrogen-bond donors (Lipinski definition) is 1. The fourth-order valence-corrected chi connectivity index (χ4v) is 5.05. The quantitative estimate of drug-likeness (QED) is 0.383. The Morgan fingerprint density at radius 3 is 2.32 bits per heavy atom. The first-order chi connectivity index (χ1) is 16.2. The van der Waals surface area contributed by atoms with Gasteiger partial charge in [0.15, 0.2) is 0 Å². The van der Waals surface area contributed by atoms with Gasteiger partial charge in [0.1, 0.15) is 0 Å². The largest absolute Gasteiger partial charge is 0.384 e.